The van der Waals surface area contributed by atoms with Crippen LogP contribution in [-0.4, -0.2) is 29.8 Å². The highest BCUT2D eigenvalue weighted by Gasteiger charge is 2.16. The Morgan fingerprint density at radius 1 is 1.03 bits per heavy atom. The maximum atomic E-state index is 13.5. The lowest BCUT2D eigenvalue weighted by molar-refractivity contribution is 0.462. The minimum Gasteiger partial charge on any atom is -0.467 e. The third-order valence-corrected chi connectivity index (χ3v) is 5.60. The molecule has 0 amide bonds. The van der Waals surface area contributed by atoms with Crippen molar-refractivity contribution >= 4 is 22.7 Å². The van der Waals surface area contributed by atoms with Crippen LogP contribution in [0.15, 0.2) is 81.3 Å². The van der Waals surface area contributed by atoms with Gasteiger partial charge in [-0.25, -0.2) is 14.1 Å². The Bertz CT molecular complexity index is 1400. The quantitative estimate of drug-likeness (QED) is 0.378. The molecule has 0 unspecified atom stereocenters. The van der Waals surface area contributed by atoms with E-state index in [9.17, 15) is 9.18 Å². The van der Waals surface area contributed by atoms with E-state index >= 15 is 0 Å². The van der Waals surface area contributed by atoms with Crippen molar-refractivity contribution in [3.05, 3.63) is 94.7 Å². The van der Waals surface area contributed by atoms with Gasteiger partial charge in [-0.05, 0) is 59.0 Å². The first-order chi connectivity index (χ1) is 15.2. The molecule has 154 valence electrons. The predicted molar refractivity (Wildman–Crippen MR) is 112 cm³/mol. The van der Waals surface area contributed by atoms with Gasteiger partial charge in [0, 0.05) is 0 Å². The molecule has 0 atom stereocenters. The Morgan fingerprint density at radius 3 is 2.68 bits per heavy atom. The van der Waals surface area contributed by atoms with Crippen molar-refractivity contribution < 1.29 is 8.81 Å². The fraction of sp³-hybridized carbons (Fsp3) is 0.0952. The van der Waals surface area contributed by atoms with Crippen molar-refractivity contribution in [2.75, 3.05) is 0 Å². The number of rotatable bonds is 6. The molecule has 0 aliphatic carbocycles. The van der Waals surface area contributed by atoms with E-state index in [1.54, 1.807) is 47.3 Å². The second kappa shape index (κ2) is 8.15. The van der Waals surface area contributed by atoms with Crippen LogP contribution in [0.25, 0.3) is 16.6 Å². The number of aromatic nitrogens is 6. The van der Waals surface area contributed by atoms with Crippen LogP contribution in [0.2, 0.25) is 0 Å². The van der Waals surface area contributed by atoms with Crippen molar-refractivity contribution in [3.63, 3.8) is 0 Å². The first-order valence-electron chi connectivity index (χ1n) is 9.37. The van der Waals surface area contributed by atoms with Crippen LogP contribution in [0.5, 0.6) is 0 Å². The molecule has 0 bridgehead atoms. The largest absolute Gasteiger partial charge is 0.467 e. The van der Waals surface area contributed by atoms with Crippen molar-refractivity contribution in [3.8, 4) is 5.69 Å². The van der Waals surface area contributed by atoms with Crippen LogP contribution >= 0.6 is 11.8 Å². The molecule has 0 N–H and O–H groups in total. The minimum atomic E-state index is -0.376. The van der Waals surface area contributed by atoms with Gasteiger partial charge in [-0.2, -0.15) is 0 Å². The topological polar surface area (TPSA) is 91.6 Å². The zero-order valence-corrected chi connectivity index (χ0v) is 16.9. The third kappa shape index (κ3) is 3.84. The highest BCUT2D eigenvalue weighted by atomic mass is 32.2. The summed E-state index contributed by atoms with van der Waals surface area (Å²) in [6.45, 7) is 0.387. The molecule has 2 aromatic carbocycles. The van der Waals surface area contributed by atoms with Gasteiger partial charge in [-0.1, -0.05) is 23.9 Å². The number of nitrogens with zero attached hydrogens (tertiary/aromatic N) is 6. The summed E-state index contributed by atoms with van der Waals surface area (Å²) in [5.41, 5.74) is 0.912. The second-order valence-electron chi connectivity index (χ2n) is 6.65. The molecule has 10 heteroatoms. The van der Waals surface area contributed by atoms with E-state index in [2.05, 4.69) is 15.5 Å². The molecule has 5 aromatic rings. The Labute approximate surface area is 179 Å². The maximum absolute atomic E-state index is 13.5. The minimum absolute atomic E-state index is 0.219. The van der Waals surface area contributed by atoms with E-state index in [4.69, 9.17) is 9.40 Å². The summed E-state index contributed by atoms with van der Waals surface area (Å²) in [6.07, 6.45) is 1.59. The summed E-state index contributed by atoms with van der Waals surface area (Å²) in [7, 11) is 0. The number of hydrogen-bond acceptors (Lipinski definition) is 7. The summed E-state index contributed by atoms with van der Waals surface area (Å²) in [6, 6.07) is 16.5. The van der Waals surface area contributed by atoms with E-state index in [1.807, 2.05) is 12.1 Å². The van der Waals surface area contributed by atoms with Gasteiger partial charge in [-0.3, -0.25) is 9.36 Å². The highest BCUT2D eigenvalue weighted by Crippen LogP contribution is 2.22. The molecule has 3 aromatic heterocycles. The Balaban J connectivity index is 1.52. The van der Waals surface area contributed by atoms with Gasteiger partial charge >= 0.3 is 0 Å². The van der Waals surface area contributed by atoms with Crippen molar-refractivity contribution in [1.82, 2.24) is 29.8 Å². The number of tetrazole rings is 1. The van der Waals surface area contributed by atoms with Crippen LogP contribution in [0.1, 0.15) is 11.6 Å². The molecule has 0 radical (unpaired) electrons. The number of furan rings is 1. The predicted octanol–water partition coefficient (Wildman–Crippen LogP) is 3.44. The average molecular weight is 434 g/mol. The monoisotopic (exact) mass is 434 g/mol. The number of benzene rings is 2. The van der Waals surface area contributed by atoms with Gasteiger partial charge in [0.25, 0.3) is 5.56 Å². The van der Waals surface area contributed by atoms with E-state index in [0.29, 0.717) is 39.9 Å². The standard InChI is InChI=1S/C21H15FN6O2S/c22-14-7-9-15(10-8-14)28-19(23-18-6-2-1-5-17(18)20(28)29)13-31-21-24-25-26-27(21)12-16-4-3-11-30-16/h1-11H,12-13H2. The summed E-state index contributed by atoms with van der Waals surface area (Å²) in [5, 5.41) is 12.9. The lowest BCUT2D eigenvalue weighted by atomic mass is 10.2. The highest BCUT2D eigenvalue weighted by molar-refractivity contribution is 7.98. The van der Waals surface area contributed by atoms with Gasteiger partial charge in [-0.15, -0.1) is 5.10 Å². The number of hydrogen-bond donors (Lipinski definition) is 0. The summed E-state index contributed by atoms with van der Waals surface area (Å²) < 4.78 is 21.9. The molecule has 3 heterocycles. The average Bonchev–Trinajstić information content (AvgIpc) is 3.46. The van der Waals surface area contributed by atoms with Gasteiger partial charge in [0.15, 0.2) is 0 Å². The van der Waals surface area contributed by atoms with Crippen molar-refractivity contribution in [2.45, 2.75) is 17.5 Å². The van der Waals surface area contributed by atoms with Crippen LogP contribution < -0.4 is 5.56 Å². The molecule has 0 spiro atoms. The second-order valence-corrected chi connectivity index (χ2v) is 7.59. The van der Waals surface area contributed by atoms with Crippen molar-refractivity contribution in [1.29, 1.82) is 0 Å². The Morgan fingerprint density at radius 2 is 1.87 bits per heavy atom. The van der Waals surface area contributed by atoms with E-state index in [0.717, 1.165) is 5.76 Å². The van der Waals surface area contributed by atoms with Crippen molar-refractivity contribution in [2.24, 2.45) is 0 Å². The summed E-state index contributed by atoms with van der Waals surface area (Å²) in [5.74, 6) is 1.18. The number of halogens is 1. The van der Waals surface area contributed by atoms with Gasteiger partial charge in [0.05, 0.1) is 28.6 Å². The van der Waals surface area contributed by atoms with Crippen LogP contribution in [-0.2, 0) is 12.3 Å². The number of para-hydroxylation sites is 1. The number of fused-ring (bicyclic) bond motifs is 1. The number of thioether (sulfide) groups is 1. The fourth-order valence-corrected chi connectivity index (χ4v) is 4.01. The normalized spacial score (nSPS) is 11.3. The molecule has 0 aliphatic heterocycles. The van der Waals surface area contributed by atoms with E-state index < -0.39 is 0 Å². The van der Waals surface area contributed by atoms with Crippen LogP contribution in [0.3, 0.4) is 0 Å². The molecular weight excluding hydrogens is 419 g/mol. The fourth-order valence-electron chi connectivity index (χ4n) is 3.21. The Hall–Kier alpha value is -3.79. The van der Waals surface area contributed by atoms with E-state index in [1.165, 1.54) is 28.5 Å². The molecule has 0 saturated heterocycles. The summed E-state index contributed by atoms with van der Waals surface area (Å²) in [4.78, 5) is 17.9. The van der Waals surface area contributed by atoms with Gasteiger partial charge in [0.2, 0.25) is 5.16 Å². The lowest BCUT2D eigenvalue weighted by Gasteiger charge is -2.13. The molecule has 31 heavy (non-hydrogen) atoms. The first-order valence-corrected chi connectivity index (χ1v) is 10.4. The zero-order valence-electron chi connectivity index (χ0n) is 16.1. The molecule has 8 nitrogen and oxygen atoms in total. The van der Waals surface area contributed by atoms with Gasteiger partial charge in [0.1, 0.15) is 23.9 Å². The molecule has 5 rings (SSSR count). The van der Waals surface area contributed by atoms with Crippen LogP contribution in [0.4, 0.5) is 4.39 Å². The Kier molecular flexibility index (Phi) is 5.04. The lowest BCUT2D eigenvalue weighted by Crippen LogP contribution is -2.23. The van der Waals surface area contributed by atoms with Crippen LogP contribution in [0, 0.1) is 5.82 Å². The molecule has 0 fully saturated rings. The third-order valence-electron chi connectivity index (χ3n) is 4.65. The maximum Gasteiger partial charge on any atom is 0.265 e. The molecular formula is C21H15FN6O2S. The zero-order chi connectivity index (χ0) is 21.2. The van der Waals surface area contributed by atoms with Gasteiger partial charge < -0.3 is 4.42 Å². The van der Waals surface area contributed by atoms with E-state index in [-0.39, 0.29) is 11.4 Å². The smallest absolute Gasteiger partial charge is 0.265 e. The SMILES string of the molecule is O=c1c2ccccc2nc(CSc2nnnn2Cc2ccco2)n1-c1ccc(F)cc1. The molecule has 0 saturated carbocycles. The molecule has 0 aliphatic rings. The summed E-state index contributed by atoms with van der Waals surface area (Å²) >= 11 is 1.35. The first kappa shape index (κ1) is 19.2.